The number of alkyl halides is 6. The first-order chi connectivity index (χ1) is 54.7. The third kappa shape index (κ3) is 22.5. The lowest BCUT2D eigenvalue weighted by Gasteiger charge is -2.08. The van der Waals surface area contributed by atoms with Gasteiger partial charge in [-0.15, -0.1) is 61.4 Å². The first-order valence-corrected chi connectivity index (χ1v) is 40.0. The molecule has 0 radical (unpaired) electrons. The summed E-state index contributed by atoms with van der Waals surface area (Å²) >= 11 is 17.9. The molecule has 0 atom stereocenters. The summed E-state index contributed by atoms with van der Waals surface area (Å²) in [5.41, 5.74) is 5.70. The zero-order chi connectivity index (χ0) is 83.0. The summed E-state index contributed by atoms with van der Waals surface area (Å²) in [7, 11) is 5.34. The highest BCUT2D eigenvalue weighted by atomic mass is 35.5. The summed E-state index contributed by atoms with van der Waals surface area (Å²) in [6.45, 7) is 8.44. The summed E-state index contributed by atoms with van der Waals surface area (Å²) in [5, 5.41) is 53.3. The maximum Gasteiger partial charge on any atom is 0.416 e. The quantitative estimate of drug-likeness (QED) is 0.00877. The molecule has 22 nitrogen and oxygen atoms in total. The van der Waals surface area contributed by atoms with Crippen molar-refractivity contribution in [3.8, 4) is 49.4 Å². The van der Waals surface area contributed by atoms with Gasteiger partial charge < -0.3 is 31.3 Å². The minimum absolute atomic E-state index is 0.0771. The standard InChI is InChI=1S/C28H24F3N3O3S2.C27H27F3N6O3S.C25H22Cl2N4O3S2/c1-17(21-16-38-26(25(21)36)19-6-8-20(9-7-19)28(29,30)31)34-15-22(35)23-10-11-24(39-23)27(37)33-13-3-5-18-4-2-12-32-14-18;1-16-11-13-36(35(16)4)14-12-31-26(39)22-10-9-21(40-22)20(37)15-32-17(2)23-25(38)24(34(3)33-23)18-5-7-19(8-6-18)27(28,29)30;1-14(17-13-35-24(23(17)33)15-3-4-18(26)19(27)11-15)29-12-20(32)21-5-6-22(36-21)25(34)28-9-7-16-8-10-30-31(16)2/h2,4,6-12,14,16,36H,3,5,13,15H2,1H3,(H,33,37);5-11,13H,12,14-15H2,1-4H3,(H-,31,38,39);3-6,8,10-11,13,33H,7,9,12H2,1-2H3,(H,28,34)/p+1. The van der Waals surface area contributed by atoms with Crippen molar-refractivity contribution in [1.29, 1.82) is 0 Å². The maximum absolute atomic E-state index is 12.9. The molecule has 115 heavy (non-hydrogen) atoms. The fourth-order valence-corrected chi connectivity index (χ4v) is 16.1. The largest absolute Gasteiger partial charge is 0.506 e. The number of carbonyl (C=O) groups excluding carboxylic acids is 6. The molecule has 0 saturated heterocycles. The van der Waals surface area contributed by atoms with Crippen LogP contribution >= 0.6 is 79.9 Å². The Morgan fingerprint density at radius 1 is 0.530 bits per heavy atom. The fraction of sp³-hybridized carbons (Fsp3) is 0.237. The van der Waals surface area contributed by atoms with Crippen LogP contribution in [0.1, 0.15) is 130 Å². The average Bonchev–Trinajstić information content (AvgIpc) is 1.69. The number of hydrogen-bond acceptors (Lipinski definition) is 20. The highest BCUT2D eigenvalue weighted by molar-refractivity contribution is 7.17. The Labute approximate surface area is 685 Å². The van der Waals surface area contributed by atoms with Gasteiger partial charge in [-0.1, -0.05) is 59.6 Å². The molecule has 6 N–H and O–H groups in total. The van der Waals surface area contributed by atoms with Crippen molar-refractivity contribution < 1.29 is 75.1 Å². The third-order valence-electron chi connectivity index (χ3n) is 17.8. The molecule has 0 bridgehead atoms. The Balaban J connectivity index is 0.000000183. The summed E-state index contributed by atoms with van der Waals surface area (Å²) < 4.78 is 84.2. The molecular weight excluding hydrogens is 1630 g/mol. The molecule has 598 valence electrons. The second kappa shape index (κ2) is 38.8. The van der Waals surface area contributed by atoms with Gasteiger partial charge in [0.05, 0.1) is 85.2 Å². The molecule has 0 aliphatic carbocycles. The van der Waals surface area contributed by atoms with Gasteiger partial charge in [-0.2, -0.15) is 41.2 Å². The molecular formula is C80H74Cl2F6N13O9S5+. The van der Waals surface area contributed by atoms with Crippen LogP contribution in [0.3, 0.4) is 0 Å². The van der Waals surface area contributed by atoms with Gasteiger partial charge >= 0.3 is 12.4 Å². The highest BCUT2D eigenvalue weighted by Crippen LogP contribution is 2.43. The molecule has 12 aromatic rings. The number of aromatic nitrogens is 7. The highest BCUT2D eigenvalue weighted by Gasteiger charge is 2.32. The van der Waals surface area contributed by atoms with E-state index in [4.69, 9.17) is 23.2 Å². The van der Waals surface area contributed by atoms with Crippen molar-refractivity contribution in [2.45, 2.75) is 65.9 Å². The summed E-state index contributed by atoms with van der Waals surface area (Å²) in [6, 6.07) is 31.4. The minimum Gasteiger partial charge on any atom is -0.506 e. The van der Waals surface area contributed by atoms with Crippen LogP contribution < -0.4 is 20.6 Å². The van der Waals surface area contributed by atoms with Crippen molar-refractivity contribution in [3.05, 3.63) is 247 Å². The van der Waals surface area contributed by atoms with E-state index < -0.39 is 23.5 Å². The summed E-state index contributed by atoms with van der Waals surface area (Å²) in [4.78, 5) is 96.0. The number of rotatable bonds is 28. The number of benzene rings is 3. The Morgan fingerprint density at radius 2 is 1.01 bits per heavy atom. The number of nitrogens with zero attached hydrogens (tertiary/aromatic N) is 10. The maximum atomic E-state index is 12.9. The van der Waals surface area contributed by atoms with E-state index >= 15 is 0 Å². The molecule has 3 aromatic carbocycles. The van der Waals surface area contributed by atoms with Crippen molar-refractivity contribution in [3.63, 3.8) is 0 Å². The van der Waals surface area contributed by atoms with Crippen LogP contribution in [0.15, 0.2) is 178 Å². The van der Waals surface area contributed by atoms with Crippen LogP contribution in [0.25, 0.3) is 32.1 Å². The van der Waals surface area contributed by atoms with E-state index in [1.165, 1.54) is 51.6 Å². The molecule has 3 amide bonds. The second-order valence-electron chi connectivity index (χ2n) is 25.6. The van der Waals surface area contributed by atoms with Gasteiger partial charge in [0, 0.05) is 103 Å². The van der Waals surface area contributed by atoms with E-state index in [0.717, 1.165) is 93.6 Å². The number of thiophene rings is 5. The summed E-state index contributed by atoms with van der Waals surface area (Å²) in [5.74, 6) is -1.81. The van der Waals surface area contributed by atoms with Gasteiger partial charge in [0.15, 0.2) is 35.8 Å². The molecule has 0 spiro atoms. The number of Topliss-reactive ketones (excluding diaryl/α,β-unsaturated/α-hetero) is 3. The topological polar surface area (TPSA) is 294 Å². The Hall–Kier alpha value is -11.1. The number of hydrogen-bond donors (Lipinski definition) is 6. The zero-order valence-corrected chi connectivity index (χ0v) is 68.1. The van der Waals surface area contributed by atoms with Crippen LogP contribution in [0.4, 0.5) is 26.3 Å². The lowest BCUT2D eigenvalue weighted by Crippen LogP contribution is -2.46. The first-order valence-electron chi connectivity index (χ1n) is 35.1. The van der Waals surface area contributed by atoms with Crippen molar-refractivity contribution in [2.75, 3.05) is 39.3 Å². The van der Waals surface area contributed by atoms with E-state index in [-0.39, 0.29) is 89.1 Å². The number of halogens is 8. The van der Waals surface area contributed by atoms with Crippen LogP contribution in [-0.4, -0.2) is 136 Å². The first kappa shape index (κ1) is 86.3. The molecule has 0 aliphatic rings. The van der Waals surface area contributed by atoms with Crippen LogP contribution in [0.2, 0.25) is 10.0 Å². The predicted molar refractivity (Wildman–Crippen MR) is 437 cm³/mol. The van der Waals surface area contributed by atoms with Crippen LogP contribution in [0.5, 0.6) is 17.2 Å². The van der Waals surface area contributed by atoms with Crippen LogP contribution in [0, 0.1) is 6.92 Å². The second-order valence-corrected chi connectivity index (χ2v) is 31.5. The Kier molecular flexibility index (Phi) is 29.2. The van der Waals surface area contributed by atoms with Gasteiger partial charge in [0.25, 0.3) is 17.7 Å². The molecule has 0 unspecified atom stereocenters. The summed E-state index contributed by atoms with van der Waals surface area (Å²) in [6.07, 6.45) is 0.466. The molecule has 0 aliphatic heterocycles. The van der Waals surface area contributed by atoms with Crippen LogP contribution in [-0.2, 0) is 52.9 Å². The molecule has 9 aromatic heterocycles. The lowest BCUT2D eigenvalue weighted by atomic mass is 10.1. The fourth-order valence-electron chi connectivity index (χ4n) is 11.2. The number of nitrogens with one attached hydrogen (secondary N) is 3. The number of carbonyl (C=O) groups is 6. The SMILES string of the molecule is CC(=NCC(=O)c1ccc(C(=O)NCCCc2cccnc2)s1)c1csc(-c2ccc(C(F)(F)F)cc2)c1O.CC(=NCC(=O)c1ccc(C(=O)NCC[n+]2ccc(C)n2C)s1)c1nn(C)c(-c2ccc(C(F)(F)F)cc2)c1O.CC(=NCC(=O)c1ccc(C(=O)NCCc2ccnn2C)s1)c1csc(-c2ccc(Cl)c(Cl)c2)c1O. The third-order valence-corrected chi connectivity index (χ3v) is 23.9. The van der Waals surface area contributed by atoms with E-state index in [1.807, 2.05) is 60.8 Å². The lowest BCUT2D eigenvalue weighted by molar-refractivity contribution is -0.771. The monoisotopic (exact) mass is 1700 g/mol. The van der Waals surface area contributed by atoms with Gasteiger partial charge in [-0.3, -0.25) is 58.1 Å². The molecule has 12 rings (SSSR count). The number of aliphatic imine (C=N–C) groups is 3. The molecule has 0 saturated carbocycles. The smallest absolute Gasteiger partial charge is 0.416 e. The number of aryl methyl sites for hydroxylation is 4. The van der Waals surface area contributed by atoms with E-state index in [0.29, 0.717) is 115 Å². The zero-order valence-electron chi connectivity index (χ0n) is 62.5. The van der Waals surface area contributed by atoms with E-state index in [9.17, 15) is 70.4 Å². The van der Waals surface area contributed by atoms with Gasteiger partial charge in [0.1, 0.15) is 42.5 Å². The Morgan fingerprint density at radius 3 is 1.48 bits per heavy atom. The number of pyridine rings is 1. The predicted octanol–water partition coefficient (Wildman–Crippen LogP) is 16.5. The number of aromatic hydroxyl groups is 3. The Bertz CT molecular complexity index is 5600. The molecule has 9 heterocycles. The van der Waals surface area contributed by atoms with Gasteiger partial charge in [-0.05, 0) is 142 Å². The average molecular weight is 1710 g/mol. The van der Waals surface area contributed by atoms with Crippen molar-refractivity contribution in [1.82, 2.24) is 45.2 Å². The molecule has 35 heteroatoms. The normalized spacial score (nSPS) is 11.9. The number of amides is 3. The van der Waals surface area contributed by atoms with Crippen molar-refractivity contribution >= 4 is 132 Å². The number of ketones is 3. The van der Waals surface area contributed by atoms with E-state index in [1.54, 1.807) is 116 Å². The van der Waals surface area contributed by atoms with E-state index in [2.05, 4.69) is 46.1 Å². The van der Waals surface area contributed by atoms with Gasteiger partial charge in [-0.25, -0.2) is 0 Å². The van der Waals surface area contributed by atoms with Crippen molar-refractivity contribution in [2.24, 2.45) is 36.1 Å². The van der Waals surface area contributed by atoms with Gasteiger partial charge in [0.2, 0.25) is 0 Å². The minimum atomic E-state index is -4.47. The molecule has 0 fully saturated rings.